The quantitative estimate of drug-likeness (QED) is 0.910. The lowest BCUT2D eigenvalue weighted by atomic mass is 10.4. The third-order valence-electron chi connectivity index (χ3n) is 2.23. The summed E-state index contributed by atoms with van der Waals surface area (Å²) in [5.41, 5.74) is 2.26. The molecule has 0 bridgehead atoms. The Hall–Kier alpha value is -0.780. The molecule has 3 nitrogen and oxygen atoms in total. The smallest absolute Gasteiger partial charge is 0.107 e. The highest BCUT2D eigenvalue weighted by Gasteiger charge is 2.04. The Labute approximate surface area is 104 Å². The van der Waals surface area contributed by atoms with E-state index in [0.29, 0.717) is 0 Å². The maximum Gasteiger partial charge on any atom is 0.107 e. The molecule has 0 fully saturated rings. The minimum atomic E-state index is 0.828. The first-order valence-corrected chi connectivity index (χ1v) is 6.89. The Bertz CT molecular complexity index is 473. The molecular weight excluding hydrogens is 238 g/mol. The van der Waals surface area contributed by atoms with Crippen molar-refractivity contribution in [3.63, 3.8) is 0 Å². The second-order valence-electron chi connectivity index (χ2n) is 3.72. The fourth-order valence-electron chi connectivity index (χ4n) is 1.51. The van der Waals surface area contributed by atoms with Gasteiger partial charge in [0, 0.05) is 29.0 Å². The molecule has 2 heterocycles. The monoisotopic (exact) mass is 253 g/mol. The first-order valence-electron chi connectivity index (χ1n) is 5.20. The summed E-state index contributed by atoms with van der Waals surface area (Å²) in [6.07, 6.45) is 0. The van der Waals surface area contributed by atoms with Gasteiger partial charge in [-0.3, -0.25) is 0 Å². The van der Waals surface area contributed by atoms with Crippen LogP contribution >= 0.6 is 22.7 Å². The van der Waals surface area contributed by atoms with Gasteiger partial charge in [-0.25, -0.2) is 9.97 Å². The van der Waals surface area contributed by atoms with Gasteiger partial charge in [-0.05, 0) is 20.8 Å². The minimum absolute atomic E-state index is 0.828. The normalized spacial score (nSPS) is 10.9. The van der Waals surface area contributed by atoms with Crippen molar-refractivity contribution >= 4 is 22.7 Å². The van der Waals surface area contributed by atoms with E-state index in [9.17, 15) is 0 Å². The van der Waals surface area contributed by atoms with E-state index in [1.807, 2.05) is 13.8 Å². The average molecular weight is 253 g/mol. The van der Waals surface area contributed by atoms with Crippen molar-refractivity contribution in [3.8, 4) is 0 Å². The number of aromatic nitrogens is 2. The van der Waals surface area contributed by atoms with Gasteiger partial charge in [0.05, 0.1) is 10.7 Å². The molecule has 2 aromatic heterocycles. The predicted molar refractivity (Wildman–Crippen MR) is 69.0 cm³/mol. The first kappa shape index (κ1) is 11.7. The van der Waals surface area contributed by atoms with Gasteiger partial charge in [0.2, 0.25) is 0 Å². The van der Waals surface area contributed by atoms with E-state index in [4.69, 9.17) is 0 Å². The summed E-state index contributed by atoms with van der Waals surface area (Å²) in [6, 6.07) is 0. The molecule has 0 atom stereocenters. The highest BCUT2D eigenvalue weighted by Crippen LogP contribution is 2.16. The zero-order valence-electron chi connectivity index (χ0n) is 9.70. The van der Waals surface area contributed by atoms with Gasteiger partial charge in [0.15, 0.2) is 0 Å². The molecule has 5 heteroatoms. The lowest BCUT2D eigenvalue weighted by Gasteiger charge is -2.00. The van der Waals surface area contributed by atoms with Crippen molar-refractivity contribution in [2.75, 3.05) is 0 Å². The van der Waals surface area contributed by atoms with Crippen molar-refractivity contribution in [1.29, 1.82) is 0 Å². The zero-order chi connectivity index (χ0) is 11.5. The van der Waals surface area contributed by atoms with E-state index in [0.717, 1.165) is 34.5 Å². The SMILES string of the molecule is Cc1csc(CNCc2nc(C)sc2C)n1. The van der Waals surface area contributed by atoms with Crippen LogP contribution in [0.4, 0.5) is 0 Å². The minimum Gasteiger partial charge on any atom is -0.305 e. The van der Waals surface area contributed by atoms with E-state index in [-0.39, 0.29) is 0 Å². The Morgan fingerprint density at radius 1 is 1.19 bits per heavy atom. The summed E-state index contributed by atoms with van der Waals surface area (Å²) in [7, 11) is 0. The summed E-state index contributed by atoms with van der Waals surface area (Å²) >= 11 is 3.46. The molecule has 0 saturated carbocycles. The van der Waals surface area contributed by atoms with Gasteiger partial charge in [0.1, 0.15) is 5.01 Å². The second kappa shape index (κ2) is 5.03. The number of hydrogen-bond donors (Lipinski definition) is 1. The molecular formula is C11H15N3S2. The summed E-state index contributed by atoms with van der Waals surface area (Å²) in [5, 5.41) is 7.74. The van der Waals surface area contributed by atoms with E-state index >= 15 is 0 Å². The number of nitrogens with zero attached hydrogens (tertiary/aromatic N) is 2. The maximum atomic E-state index is 4.49. The average Bonchev–Trinajstić information content (AvgIpc) is 2.74. The Morgan fingerprint density at radius 3 is 2.56 bits per heavy atom. The van der Waals surface area contributed by atoms with Crippen molar-refractivity contribution in [1.82, 2.24) is 15.3 Å². The van der Waals surface area contributed by atoms with Crippen LogP contribution in [0.3, 0.4) is 0 Å². The van der Waals surface area contributed by atoms with Gasteiger partial charge >= 0.3 is 0 Å². The zero-order valence-corrected chi connectivity index (χ0v) is 11.3. The summed E-state index contributed by atoms with van der Waals surface area (Å²) in [4.78, 5) is 10.2. The molecule has 0 amide bonds. The molecule has 0 aliphatic rings. The van der Waals surface area contributed by atoms with Crippen LogP contribution in [-0.2, 0) is 13.1 Å². The van der Waals surface area contributed by atoms with E-state index in [2.05, 4.69) is 27.6 Å². The molecule has 0 saturated heterocycles. The van der Waals surface area contributed by atoms with E-state index < -0.39 is 0 Å². The van der Waals surface area contributed by atoms with E-state index in [1.165, 1.54) is 4.88 Å². The molecule has 2 rings (SSSR count). The third-order valence-corrected chi connectivity index (χ3v) is 4.13. The van der Waals surface area contributed by atoms with Gasteiger partial charge in [-0.2, -0.15) is 0 Å². The summed E-state index contributed by atoms with van der Waals surface area (Å²) in [6.45, 7) is 7.85. The fraction of sp³-hybridized carbons (Fsp3) is 0.455. The van der Waals surface area contributed by atoms with Crippen molar-refractivity contribution < 1.29 is 0 Å². The van der Waals surface area contributed by atoms with Crippen molar-refractivity contribution in [2.45, 2.75) is 33.9 Å². The van der Waals surface area contributed by atoms with Crippen molar-refractivity contribution in [2.24, 2.45) is 0 Å². The van der Waals surface area contributed by atoms with Crippen LogP contribution < -0.4 is 5.32 Å². The molecule has 0 radical (unpaired) electrons. The fourth-order valence-corrected chi connectivity index (χ4v) is 3.08. The first-order chi connectivity index (χ1) is 7.65. The lowest BCUT2D eigenvalue weighted by Crippen LogP contribution is -2.13. The number of rotatable bonds is 4. The Morgan fingerprint density at radius 2 is 2.00 bits per heavy atom. The van der Waals surface area contributed by atoms with Gasteiger partial charge in [0.25, 0.3) is 0 Å². The standard InChI is InChI=1S/C11H15N3S2/c1-7-6-15-11(13-7)5-12-4-10-8(2)16-9(3)14-10/h6,12H,4-5H2,1-3H3. The molecule has 2 aromatic rings. The Kier molecular flexibility index (Phi) is 3.68. The second-order valence-corrected chi connectivity index (χ2v) is 6.07. The van der Waals surface area contributed by atoms with Crippen LogP contribution in [0.2, 0.25) is 0 Å². The molecule has 0 aliphatic carbocycles. The summed E-state index contributed by atoms with van der Waals surface area (Å²) < 4.78 is 0. The lowest BCUT2D eigenvalue weighted by molar-refractivity contribution is 0.675. The highest BCUT2D eigenvalue weighted by atomic mass is 32.1. The van der Waals surface area contributed by atoms with Gasteiger partial charge in [-0.1, -0.05) is 0 Å². The van der Waals surface area contributed by atoms with Gasteiger partial charge in [-0.15, -0.1) is 22.7 Å². The molecule has 0 spiro atoms. The largest absolute Gasteiger partial charge is 0.305 e. The Balaban J connectivity index is 1.86. The van der Waals surface area contributed by atoms with Crippen molar-refractivity contribution in [3.05, 3.63) is 31.7 Å². The molecule has 86 valence electrons. The van der Waals surface area contributed by atoms with E-state index in [1.54, 1.807) is 22.7 Å². The molecule has 0 unspecified atom stereocenters. The van der Waals surface area contributed by atoms with Crippen LogP contribution in [0.1, 0.15) is 26.3 Å². The number of hydrogen-bond acceptors (Lipinski definition) is 5. The maximum absolute atomic E-state index is 4.49. The number of aryl methyl sites for hydroxylation is 3. The molecule has 16 heavy (non-hydrogen) atoms. The molecule has 1 N–H and O–H groups in total. The third kappa shape index (κ3) is 2.87. The van der Waals surface area contributed by atoms with Crippen LogP contribution in [0.25, 0.3) is 0 Å². The predicted octanol–water partition coefficient (Wildman–Crippen LogP) is 2.81. The van der Waals surface area contributed by atoms with Crippen LogP contribution in [0, 0.1) is 20.8 Å². The number of nitrogens with one attached hydrogen (secondary N) is 1. The topological polar surface area (TPSA) is 37.8 Å². The molecule has 0 aromatic carbocycles. The van der Waals surface area contributed by atoms with Gasteiger partial charge < -0.3 is 5.32 Å². The molecule has 0 aliphatic heterocycles. The number of thiazole rings is 2. The van der Waals surface area contributed by atoms with Crippen LogP contribution in [-0.4, -0.2) is 9.97 Å². The summed E-state index contributed by atoms with van der Waals surface area (Å²) in [5.74, 6) is 0. The van der Waals surface area contributed by atoms with Crippen LogP contribution in [0.15, 0.2) is 5.38 Å². The highest BCUT2D eigenvalue weighted by molar-refractivity contribution is 7.11. The van der Waals surface area contributed by atoms with Crippen LogP contribution in [0.5, 0.6) is 0 Å².